The second-order valence-electron chi connectivity index (χ2n) is 3.61. The van der Waals surface area contributed by atoms with Crippen LogP contribution in [0.3, 0.4) is 0 Å². The summed E-state index contributed by atoms with van der Waals surface area (Å²) in [5, 5.41) is 11.7. The molecular weight excluding hydrogens is 228 g/mol. The van der Waals surface area contributed by atoms with Gasteiger partial charge < -0.3 is 10.1 Å². The van der Waals surface area contributed by atoms with Crippen LogP contribution in [0.25, 0.3) is 0 Å². The van der Waals surface area contributed by atoms with Crippen molar-refractivity contribution in [2.75, 3.05) is 12.4 Å². The minimum Gasteiger partial charge on any atom is -0.497 e. The summed E-state index contributed by atoms with van der Waals surface area (Å²) in [5.41, 5.74) is 1.55. The second kappa shape index (κ2) is 5.64. The maximum atomic E-state index is 8.62. The van der Waals surface area contributed by atoms with Crippen LogP contribution in [0, 0.1) is 11.3 Å². The van der Waals surface area contributed by atoms with Gasteiger partial charge in [0.25, 0.3) is 0 Å². The fraction of sp³-hybridized carbons (Fsp3) is 0.154. The third-order valence-corrected chi connectivity index (χ3v) is 2.39. The van der Waals surface area contributed by atoms with E-state index in [1.807, 2.05) is 30.3 Å². The van der Waals surface area contributed by atoms with Crippen LogP contribution in [0.5, 0.6) is 5.75 Å². The highest BCUT2D eigenvalue weighted by atomic mass is 16.5. The lowest BCUT2D eigenvalue weighted by molar-refractivity contribution is 0.414. The largest absolute Gasteiger partial charge is 0.497 e. The number of hydrogen-bond donors (Lipinski definition) is 1. The number of rotatable bonds is 4. The molecule has 0 unspecified atom stereocenters. The zero-order valence-electron chi connectivity index (χ0n) is 9.92. The molecule has 90 valence electrons. The molecule has 0 spiro atoms. The van der Waals surface area contributed by atoms with Crippen molar-refractivity contribution in [2.24, 2.45) is 0 Å². The average Bonchev–Trinajstić information content (AvgIpc) is 2.46. The molecule has 2 aromatic rings. The lowest BCUT2D eigenvalue weighted by atomic mass is 10.2. The Morgan fingerprint density at radius 3 is 2.44 bits per heavy atom. The first-order valence-electron chi connectivity index (χ1n) is 5.41. The molecule has 0 fully saturated rings. The van der Waals surface area contributed by atoms with E-state index in [4.69, 9.17) is 10.00 Å². The van der Waals surface area contributed by atoms with Gasteiger partial charge in [0, 0.05) is 6.54 Å². The molecule has 0 aliphatic heterocycles. The molecule has 0 radical (unpaired) electrons. The van der Waals surface area contributed by atoms with Crippen LogP contribution in [0.15, 0.2) is 36.7 Å². The third kappa shape index (κ3) is 2.95. The molecule has 18 heavy (non-hydrogen) atoms. The molecule has 1 aromatic heterocycles. The molecule has 0 bridgehead atoms. The maximum absolute atomic E-state index is 8.62. The fourth-order valence-electron chi connectivity index (χ4n) is 1.40. The Bertz CT molecular complexity index is 543. The van der Waals surface area contributed by atoms with Gasteiger partial charge in [0.05, 0.1) is 25.1 Å². The number of hydrogen-bond acceptors (Lipinski definition) is 5. The number of methoxy groups -OCH3 is 1. The Labute approximate surface area is 105 Å². The van der Waals surface area contributed by atoms with Crippen LogP contribution in [0.4, 0.5) is 5.95 Å². The normalized spacial score (nSPS) is 9.56. The summed E-state index contributed by atoms with van der Waals surface area (Å²) in [7, 11) is 1.64. The lowest BCUT2D eigenvalue weighted by Crippen LogP contribution is -2.03. The van der Waals surface area contributed by atoms with Gasteiger partial charge in [-0.05, 0) is 17.7 Å². The van der Waals surface area contributed by atoms with Crippen LogP contribution >= 0.6 is 0 Å². The van der Waals surface area contributed by atoms with E-state index < -0.39 is 0 Å². The second-order valence-corrected chi connectivity index (χ2v) is 3.61. The molecule has 0 atom stereocenters. The highest BCUT2D eigenvalue weighted by molar-refractivity contribution is 5.33. The molecule has 0 aliphatic rings. The van der Waals surface area contributed by atoms with E-state index in [1.54, 1.807) is 7.11 Å². The smallest absolute Gasteiger partial charge is 0.222 e. The number of nitrogens with zero attached hydrogens (tertiary/aromatic N) is 3. The number of anilines is 1. The van der Waals surface area contributed by atoms with Gasteiger partial charge in [-0.25, -0.2) is 9.97 Å². The van der Waals surface area contributed by atoms with Crippen LogP contribution in [-0.2, 0) is 6.54 Å². The number of benzene rings is 1. The first kappa shape index (κ1) is 11.9. The summed E-state index contributed by atoms with van der Waals surface area (Å²) in [6.07, 6.45) is 2.98. The van der Waals surface area contributed by atoms with Gasteiger partial charge in [-0.2, -0.15) is 5.26 Å². The SMILES string of the molecule is COc1ccc(CNc2ncc(C#N)cn2)cc1. The summed E-state index contributed by atoms with van der Waals surface area (Å²) in [6, 6.07) is 9.71. The van der Waals surface area contributed by atoms with E-state index >= 15 is 0 Å². The molecule has 5 heteroatoms. The molecule has 1 heterocycles. The molecule has 1 N–H and O–H groups in total. The summed E-state index contributed by atoms with van der Waals surface area (Å²) in [6.45, 7) is 0.621. The van der Waals surface area contributed by atoms with Crippen molar-refractivity contribution in [3.63, 3.8) is 0 Å². The van der Waals surface area contributed by atoms with Crippen molar-refractivity contribution in [1.29, 1.82) is 5.26 Å². The number of nitriles is 1. The number of ether oxygens (including phenoxy) is 1. The fourth-order valence-corrected chi connectivity index (χ4v) is 1.40. The number of aromatic nitrogens is 2. The van der Waals surface area contributed by atoms with Gasteiger partial charge in [0.2, 0.25) is 5.95 Å². The lowest BCUT2D eigenvalue weighted by Gasteiger charge is -2.05. The molecular formula is C13H12N4O. The maximum Gasteiger partial charge on any atom is 0.222 e. The Kier molecular flexibility index (Phi) is 3.72. The quantitative estimate of drug-likeness (QED) is 0.884. The number of nitrogens with one attached hydrogen (secondary N) is 1. The van der Waals surface area contributed by atoms with Crippen molar-refractivity contribution < 1.29 is 4.74 Å². The minimum atomic E-state index is 0.449. The molecule has 2 rings (SSSR count). The van der Waals surface area contributed by atoms with Gasteiger partial charge in [0.1, 0.15) is 11.8 Å². The summed E-state index contributed by atoms with van der Waals surface area (Å²) in [5.74, 6) is 1.33. The summed E-state index contributed by atoms with van der Waals surface area (Å²) in [4.78, 5) is 8.06. The standard InChI is InChI=1S/C13H12N4O/c1-18-12-4-2-10(3-5-12)7-15-13-16-8-11(6-14)9-17-13/h2-5,8-9H,7H2,1H3,(H,15,16,17). The van der Waals surface area contributed by atoms with Gasteiger partial charge in [-0.15, -0.1) is 0 Å². The summed E-state index contributed by atoms with van der Waals surface area (Å²) < 4.78 is 5.08. The highest BCUT2D eigenvalue weighted by Gasteiger charge is 1.98. The third-order valence-electron chi connectivity index (χ3n) is 2.39. The van der Waals surface area contributed by atoms with Crippen LogP contribution in [0.1, 0.15) is 11.1 Å². The van der Waals surface area contributed by atoms with Gasteiger partial charge in [-0.1, -0.05) is 12.1 Å². The molecule has 0 saturated heterocycles. The van der Waals surface area contributed by atoms with Crippen molar-refractivity contribution >= 4 is 5.95 Å². The van der Waals surface area contributed by atoms with Crippen molar-refractivity contribution in [2.45, 2.75) is 6.54 Å². The van der Waals surface area contributed by atoms with E-state index in [9.17, 15) is 0 Å². The van der Waals surface area contributed by atoms with Gasteiger partial charge in [-0.3, -0.25) is 0 Å². The first-order chi connectivity index (χ1) is 8.81. The van der Waals surface area contributed by atoms with Crippen LogP contribution < -0.4 is 10.1 Å². The van der Waals surface area contributed by atoms with Crippen molar-refractivity contribution in [3.8, 4) is 11.8 Å². The van der Waals surface area contributed by atoms with E-state index in [1.165, 1.54) is 12.4 Å². The van der Waals surface area contributed by atoms with Gasteiger partial charge >= 0.3 is 0 Å². The monoisotopic (exact) mass is 240 g/mol. The zero-order valence-corrected chi connectivity index (χ0v) is 9.92. The van der Waals surface area contributed by atoms with Crippen LogP contribution in [0.2, 0.25) is 0 Å². The highest BCUT2D eigenvalue weighted by Crippen LogP contribution is 2.12. The van der Waals surface area contributed by atoms with Crippen molar-refractivity contribution in [3.05, 3.63) is 47.8 Å². The minimum absolute atomic E-state index is 0.449. The summed E-state index contributed by atoms with van der Waals surface area (Å²) >= 11 is 0. The van der Waals surface area contributed by atoms with Crippen LogP contribution in [-0.4, -0.2) is 17.1 Å². The van der Waals surface area contributed by atoms with E-state index in [0.717, 1.165) is 11.3 Å². The van der Waals surface area contributed by atoms with E-state index in [0.29, 0.717) is 18.1 Å². The predicted molar refractivity (Wildman–Crippen MR) is 67.1 cm³/mol. The molecule has 5 nitrogen and oxygen atoms in total. The zero-order chi connectivity index (χ0) is 12.8. The Morgan fingerprint density at radius 2 is 1.89 bits per heavy atom. The topological polar surface area (TPSA) is 70.8 Å². The Morgan fingerprint density at radius 1 is 1.22 bits per heavy atom. The van der Waals surface area contributed by atoms with E-state index in [2.05, 4.69) is 15.3 Å². The Balaban J connectivity index is 1.95. The molecule has 0 saturated carbocycles. The average molecular weight is 240 g/mol. The van der Waals surface area contributed by atoms with Crippen molar-refractivity contribution in [1.82, 2.24) is 9.97 Å². The molecule has 0 amide bonds. The predicted octanol–water partition coefficient (Wildman–Crippen LogP) is 1.97. The van der Waals surface area contributed by atoms with E-state index in [-0.39, 0.29) is 0 Å². The molecule has 1 aromatic carbocycles. The Hall–Kier alpha value is -2.61. The first-order valence-corrected chi connectivity index (χ1v) is 5.41. The van der Waals surface area contributed by atoms with Gasteiger partial charge in [0.15, 0.2) is 0 Å². The molecule has 0 aliphatic carbocycles.